The Morgan fingerprint density at radius 3 is 1.53 bits per heavy atom. The van der Waals surface area contributed by atoms with Crippen molar-refractivity contribution >= 4 is 35.5 Å². The minimum Gasteiger partial charge on any atom is -0.870 e. The van der Waals surface area contributed by atoms with E-state index in [0.717, 1.165) is 39.2 Å². The van der Waals surface area contributed by atoms with Crippen LogP contribution in [0.3, 0.4) is 0 Å². The van der Waals surface area contributed by atoms with Crippen molar-refractivity contribution in [3.63, 3.8) is 0 Å². The third kappa shape index (κ3) is 46.7. The second-order valence-corrected chi connectivity index (χ2v) is 8.49. The van der Waals surface area contributed by atoms with Gasteiger partial charge in [0.1, 0.15) is 0 Å². The molecule has 0 radical (unpaired) electrons. The van der Waals surface area contributed by atoms with E-state index in [0.29, 0.717) is 19.4 Å². The molecule has 6 nitrogen and oxygen atoms in total. The van der Waals surface area contributed by atoms with Crippen molar-refractivity contribution in [3.05, 3.63) is 0 Å². The first-order valence-electron chi connectivity index (χ1n) is 10.6. The minimum atomic E-state index is -0.670. The Morgan fingerprint density at radius 2 is 1.17 bits per heavy atom. The number of thioether (sulfide) groups is 2. The molecular weight excluding hydrogens is 435 g/mol. The molecule has 0 atom stereocenters. The Bertz CT molecular complexity index is 324. The van der Waals surface area contributed by atoms with Crippen LogP contribution < -0.4 is 29.6 Å². The summed E-state index contributed by atoms with van der Waals surface area (Å²) in [5, 5.41) is 15.3. The molecule has 0 aliphatic carbocycles. The number of carbonyl (C=O) groups excluding carboxylic acids is 1. The van der Waals surface area contributed by atoms with E-state index in [1.807, 2.05) is 30.4 Å². The van der Waals surface area contributed by atoms with Gasteiger partial charge in [0.2, 0.25) is 0 Å². The minimum absolute atomic E-state index is 0. The summed E-state index contributed by atoms with van der Waals surface area (Å²) in [6.07, 6.45) is 9.83. The molecule has 3 N–H and O–H groups in total. The SMILES string of the molecule is CCCSCCCCCC(=O)O.CCCSCCCCCC(=O)OCC.CO.[Na+].[OH-]. The van der Waals surface area contributed by atoms with Crippen LogP contribution in [-0.4, -0.2) is 64.4 Å². The average Bonchev–Trinajstić information content (AvgIpc) is 2.69. The average molecular weight is 481 g/mol. The zero-order valence-corrected chi connectivity index (χ0v) is 23.6. The molecule has 0 heterocycles. The molecule has 0 rings (SSSR count). The maximum absolute atomic E-state index is 11.0. The van der Waals surface area contributed by atoms with Crippen LogP contribution in [0, 0.1) is 0 Å². The van der Waals surface area contributed by atoms with Crippen molar-refractivity contribution in [3.8, 4) is 0 Å². The molecule has 30 heavy (non-hydrogen) atoms. The zero-order valence-electron chi connectivity index (χ0n) is 20.0. The van der Waals surface area contributed by atoms with Crippen LogP contribution in [0.5, 0.6) is 0 Å². The van der Waals surface area contributed by atoms with E-state index in [1.54, 1.807) is 0 Å². The van der Waals surface area contributed by atoms with Gasteiger partial charge in [-0.15, -0.1) is 0 Å². The summed E-state index contributed by atoms with van der Waals surface area (Å²) in [7, 11) is 1.00. The van der Waals surface area contributed by atoms with Crippen molar-refractivity contribution in [2.24, 2.45) is 0 Å². The number of aliphatic hydroxyl groups excluding tert-OH is 1. The van der Waals surface area contributed by atoms with Crippen molar-refractivity contribution in [1.82, 2.24) is 0 Å². The van der Waals surface area contributed by atoms with E-state index in [4.69, 9.17) is 14.9 Å². The number of carbonyl (C=O) groups is 2. The largest absolute Gasteiger partial charge is 1.00 e. The van der Waals surface area contributed by atoms with E-state index in [2.05, 4.69) is 13.8 Å². The van der Waals surface area contributed by atoms with Crippen LogP contribution in [0.15, 0.2) is 0 Å². The van der Waals surface area contributed by atoms with Crippen LogP contribution in [-0.2, 0) is 14.3 Å². The fourth-order valence-corrected chi connectivity index (χ4v) is 3.84. The molecule has 0 bridgehead atoms. The smallest absolute Gasteiger partial charge is 0.870 e. The molecule has 0 aromatic heterocycles. The second kappa shape index (κ2) is 40.0. The predicted octanol–water partition coefficient (Wildman–Crippen LogP) is 2.46. The summed E-state index contributed by atoms with van der Waals surface area (Å²) in [6.45, 7) is 6.73. The third-order valence-corrected chi connectivity index (χ3v) is 5.90. The third-order valence-electron chi connectivity index (χ3n) is 3.35. The second-order valence-electron chi connectivity index (χ2n) is 6.04. The van der Waals surface area contributed by atoms with Gasteiger partial charge in [-0.25, -0.2) is 0 Å². The van der Waals surface area contributed by atoms with Crippen molar-refractivity contribution in [2.45, 2.75) is 85.0 Å². The summed E-state index contributed by atoms with van der Waals surface area (Å²) in [4.78, 5) is 21.1. The Hall–Kier alpha value is 0.560. The van der Waals surface area contributed by atoms with Gasteiger partial charge in [-0.05, 0) is 68.5 Å². The van der Waals surface area contributed by atoms with Crippen LogP contribution in [0.25, 0.3) is 0 Å². The normalized spacial score (nSPS) is 8.97. The quantitative estimate of drug-likeness (QED) is 0.185. The Kier molecular flexibility index (Phi) is 54.5. The molecule has 0 saturated heterocycles. The van der Waals surface area contributed by atoms with Gasteiger partial charge in [0, 0.05) is 20.0 Å². The monoisotopic (exact) mass is 480 g/mol. The van der Waals surface area contributed by atoms with Gasteiger partial charge in [0.25, 0.3) is 0 Å². The number of carboxylic acids is 1. The number of aliphatic carboxylic acids is 1. The number of rotatable bonds is 17. The molecule has 0 aromatic rings. The van der Waals surface area contributed by atoms with Crippen molar-refractivity contribution in [1.29, 1.82) is 0 Å². The first kappa shape index (κ1) is 40.9. The maximum Gasteiger partial charge on any atom is 1.00 e. The first-order valence-corrected chi connectivity index (χ1v) is 12.9. The molecule has 0 saturated carbocycles. The van der Waals surface area contributed by atoms with Crippen LogP contribution in [0.2, 0.25) is 0 Å². The van der Waals surface area contributed by atoms with Crippen molar-refractivity contribution in [2.75, 3.05) is 36.7 Å². The molecule has 0 aliphatic heterocycles. The number of ether oxygens (including phenoxy) is 1. The number of unbranched alkanes of at least 4 members (excludes halogenated alkanes) is 4. The van der Waals surface area contributed by atoms with E-state index >= 15 is 0 Å². The van der Waals surface area contributed by atoms with Gasteiger partial charge < -0.3 is 20.4 Å². The summed E-state index contributed by atoms with van der Waals surface area (Å²) in [6, 6.07) is 0. The molecule has 0 fully saturated rings. The van der Waals surface area contributed by atoms with Gasteiger partial charge in [0.05, 0.1) is 6.61 Å². The van der Waals surface area contributed by atoms with Crippen LogP contribution in [0.4, 0.5) is 0 Å². The fraction of sp³-hybridized carbons (Fsp3) is 0.905. The standard InChI is InChI=1S/C11H22O2S.C9H18O2S.CH4O.Na.H2O/c1-3-9-14-10-7-5-6-8-11(12)13-4-2;1-2-7-12-8-5-3-4-6-9(10)11;1-2;;/h3-10H2,1-2H3;2-8H2,1H3,(H,10,11);2H,1H3;;1H2/q;;;+1;/p-1. The summed E-state index contributed by atoms with van der Waals surface area (Å²) in [5.41, 5.74) is 0. The molecule has 178 valence electrons. The number of hydrogen-bond donors (Lipinski definition) is 2. The van der Waals surface area contributed by atoms with Gasteiger partial charge in [0.15, 0.2) is 0 Å². The maximum atomic E-state index is 11.0. The summed E-state index contributed by atoms with van der Waals surface area (Å²) in [5.74, 6) is 4.20. The Labute approximate surface area is 215 Å². The number of hydrogen-bond acceptors (Lipinski definition) is 7. The number of esters is 1. The van der Waals surface area contributed by atoms with Crippen molar-refractivity contribution < 1.29 is 59.6 Å². The van der Waals surface area contributed by atoms with Crippen LogP contribution in [0.1, 0.15) is 85.0 Å². The first-order chi connectivity index (χ1) is 13.6. The van der Waals surface area contributed by atoms with E-state index < -0.39 is 5.97 Å². The molecule has 0 unspecified atom stereocenters. The van der Waals surface area contributed by atoms with Crippen LogP contribution >= 0.6 is 23.5 Å². The van der Waals surface area contributed by atoms with Gasteiger partial charge in [-0.2, -0.15) is 23.5 Å². The molecular formula is C21H45NaO6S2. The molecule has 0 amide bonds. The Balaban J connectivity index is -0.000000122. The van der Waals surface area contributed by atoms with Gasteiger partial charge >= 0.3 is 41.5 Å². The zero-order chi connectivity index (χ0) is 21.9. The topological polar surface area (TPSA) is 114 Å². The molecule has 0 aliphatic rings. The predicted molar refractivity (Wildman–Crippen MR) is 127 cm³/mol. The van der Waals surface area contributed by atoms with E-state index in [-0.39, 0.29) is 41.0 Å². The van der Waals surface area contributed by atoms with E-state index in [9.17, 15) is 9.59 Å². The van der Waals surface area contributed by atoms with Gasteiger partial charge in [-0.3, -0.25) is 9.59 Å². The molecule has 0 aromatic carbocycles. The molecule has 0 spiro atoms. The number of carboxylic acid groups (broad SMARTS) is 1. The number of aliphatic hydroxyl groups is 1. The van der Waals surface area contributed by atoms with Gasteiger partial charge in [-0.1, -0.05) is 26.7 Å². The molecule has 9 heteroatoms. The summed E-state index contributed by atoms with van der Waals surface area (Å²) >= 11 is 3.97. The fourth-order valence-electron chi connectivity index (χ4n) is 2.03. The summed E-state index contributed by atoms with van der Waals surface area (Å²) < 4.78 is 4.84. The van der Waals surface area contributed by atoms with E-state index in [1.165, 1.54) is 42.3 Å². The Morgan fingerprint density at radius 1 is 0.733 bits per heavy atom.